The Bertz CT molecular complexity index is 1580. The van der Waals surface area contributed by atoms with Crippen molar-refractivity contribution in [3.63, 3.8) is 0 Å². The summed E-state index contributed by atoms with van der Waals surface area (Å²) in [6.45, 7) is -0.371. The minimum Gasteiger partial charge on any atom is -0.388 e. The van der Waals surface area contributed by atoms with E-state index in [4.69, 9.17) is 11.6 Å². The molecule has 6 rings (SSSR count). The van der Waals surface area contributed by atoms with Crippen LogP contribution in [0.3, 0.4) is 0 Å². The molecule has 2 aliphatic rings. The van der Waals surface area contributed by atoms with Crippen LogP contribution in [0.2, 0.25) is 5.02 Å². The third-order valence-corrected chi connectivity index (χ3v) is 8.87. The van der Waals surface area contributed by atoms with Gasteiger partial charge in [-0.2, -0.15) is 4.31 Å². The first kappa shape index (κ1) is 23.9. The Morgan fingerprint density at radius 2 is 1.65 bits per heavy atom. The number of H-pyrrole nitrogens is 1. The Morgan fingerprint density at radius 3 is 2.30 bits per heavy atom. The predicted molar refractivity (Wildman–Crippen MR) is 133 cm³/mol. The number of piperazine rings is 1. The average Bonchev–Trinajstić information content (AvgIpc) is 3.41. The molecule has 37 heavy (non-hydrogen) atoms. The number of carbonyl (C=O) groups excluding carboxylic acids is 1. The summed E-state index contributed by atoms with van der Waals surface area (Å²) >= 11 is 6.03. The summed E-state index contributed by atoms with van der Waals surface area (Å²) in [6.07, 6.45) is 3.35. The second-order valence-corrected chi connectivity index (χ2v) is 11.4. The number of fused-ring (bicyclic) bond motifs is 3. The van der Waals surface area contributed by atoms with Gasteiger partial charge in [-0.3, -0.25) is 9.78 Å². The van der Waals surface area contributed by atoms with E-state index in [2.05, 4.69) is 19.9 Å². The molecular weight excluding hydrogens is 520 g/mol. The largest absolute Gasteiger partial charge is 0.388 e. The molecular formula is C24H21ClN6O5S. The van der Waals surface area contributed by atoms with Crippen molar-refractivity contribution in [3.05, 3.63) is 71.8 Å². The van der Waals surface area contributed by atoms with Crippen molar-refractivity contribution < 1.29 is 23.4 Å². The first-order valence-corrected chi connectivity index (χ1v) is 13.3. The number of aliphatic hydroxyl groups excluding tert-OH is 2. The fraction of sp³-hybridized carbons (Fsp3) is 0.250. The van der Waals surface area contributed by atoms with E-state index < -0.39 is 40.2 Å². The lowest BCUT2D eigenvalue weighted by molar-refractivity contribution is 0.0352. The van der Waals surface area contributed by atoms with Crippen LogP contribution >= 0.6 is 11.6 Å². The van der Waals surface area contributed by atoms with E-state index in [0.717, 1.165) is 5.56 Å². The molecule has 4 aromatic rings. The summed E-state index contributed by atoms with van der Waals surface area (Å²) in [5.41, 5.74) is 1.51. The van der Waals surface area contributed by atoms with Crippen molar-refractivity contribution in [2.75, 3.05) is 13.1 Å². The van der Waals surface area contributed by atoms with E-state index in [9.17, 15) is 23.4 Å². The smallest absolute Gasteiger partial charge is 0.258 e. The minimum atomic E-state index is -4.01. The standard InChI is InChI=1S/C24H21ClN6O5S/c25-16-1-2-17-14(7-16)8-20(29-17)37(35,36)30-11-18-21(32)22(33)19(12-30)31(18)24(34)15-9-27-23(28-10-15)13-3-5-26-6-4-13/h1-10,18-19,21-22,29,32-33H,11-12H2. The van der Waals surface area contributed by atoms with Crippen LogP contribution in [0.15, 0.2) is 66.2 Å². The number of sulfonamides is 1. The second-order valence-electron chi connectivity index (χ2n) is 9.05. The monoisotopic (exact) mass is 540 g/mol. The van der Waals surface area contributed by atoms with Crippen LogP contribution in [0, 0.1) is 0 Å². The molecule has 3 aromatic heterocycles. The fourth-order valence-corrected chi connectivity index (χ4v) is 6.68. The number of halogens is 1. The number of aromatic nitrogens is 4. The van der Waals surface area contributed by atoms with Gasteiger partial charge in [-0.05, 0) is 36.4 Å². The molecule has 1 aromatic carbocycles. The van der Waals surface area contributed by atoms with E-state index in [0.29, 0.717) is 21.7 Å². The van der Waals surface area contributed by atoms with Gasteiger partial charge in [-0.25, -0.2) is 18.4 Å². The van der Waals surface area contributed by atoms with Crippen LogP contribution in [0.5, 0.6) is 0 Å². The lowest BCUT2D eigenvalue weighted by Crippen LogP contribution is -2.59. The van der Waals surface area contributed by atoms with Crippen LogP contribution in [-0.2, 0) is 10.0 Å². The molecule has 2 aliphatic heterocycles. The topological polar surface area (TPSA) is 153 Å². The van der Waals surface area contributed by atoms with Crippen LogP contribution in [0.25, 0.3) is 22.3 Å². The highest BCUT2D eigenvalue weighted by Gasteiger charge is 2.56. The third-order valence-electron chi connectivity index (χ3n) is 6.88. The van der Waals surface area contributed by atoms with Gasteiger partial charge >= 0.3 is 0 Å². The lowest BCUT2D eigenvalue weighted by atomic mass is 10.1. The van der Waals surface area contributed by atoms with Crippen LogP contribution in [0.4, 0.5) is 0 Å². The molecule has 1 amide bonds. The summed E-state index contributed by atoms with van der Waals surface area (Å²) in [6, 6.07) is 8.07. The normalized spacial score (nSPS) is 24.0. The first-order chi connectivity index (χ1) is 17.7. The maximum atomic E-state index is 13.5. The van der Waals surface area contributed by atoms with Crippen LogP contribution < -0.4 is 0 Å². The van der Waals surface area contributed by atoms with Gasteiger partial charge in [0.2, 0.25) is 0 Å². The van der Waals surface area contributed by atoms with Crippen molar-refractivity contribution in [1.29, 1.82) is 0 Å². The van der Waals surface area contributed by atoms with E-state index in [1.165, 1.54) is 27.7 Å². The van der Waals surface area contributed by atoms with E-state index in [1.807, 2.05) is 0 Å². The molecule has 0 spiro atoms. The van der Waals surface area contributed by atoms with E-state index in [-0.39, 0.29) is 23.7 Å². The van der Waals surface area contributed by atoms with Gasteiger partial charge < -0.3 is 20.1 Å². The second kappa shape index (κ2) is 8.85. The number of nitrogens with one attached hydrogen (secondary N) is 1. The van der Waals surface area contributed by atoms with Gasteiger partial charge in [-0.1, -0.05) is 11.6 Å². The Hall–Kier alpha value is -3.42. The van der Waals surface area contributed by atoms with Gasteiger partial charge in [0.05, 0.1) is 17.6 Å². The first-order valence-electron chi connectivity index (χ1n) is 11.4. The molecule has 2 bridgehead atoms. The Balaban J connectivity index is 1.27. The molecule has 13 heteroatoms. The summed E-state index contributed by atoms with van der Waals surface area (Å²) in [7, 11) is -4.01. The number of pyridine rings is 1. The van der Waals surface area contributed by atoms with Gasteiger partial charge in [0.1, 0.15) is 17.2 Å². The van der Waals surface area contributed by atoms with Crippen molar-refractivity contribution in [2.24, 2.45) is 0 Å². The Labute approximate surface area is 216 Å². The lowest BCUT2D eigenvalue weighted by Gasteiger charge is -2.40. The molecule has 3 N–H and O–H groups in total. The number of amides is 1. The van der Waals surface area contributed by atoms with Gasteiger partial charge in [-0.15, -0.1) is 0 Å². The number of aliphatic hydroxyl groups is 2. The van der Waals surface area contributed by atoms with Crippen molar-refractivity contribution in [3.8, 4) is 11.4 Å². The van der Waals surface area contributed by atoms with E-state index in [1.54, 1.807) is 42.7 Å². The molecule has 11 nitrogen and oxygen atoms in total. The maximum Gasteiger partial charge on any atom is 0.258 e. The Morgan fingerprint density at radius 1 is 1.00 bits per heavy atom. The zero-order valence-electron chi connectivity index (χ0n) is 19.1. The van der Waals surface area contributed by atoms with Crippen molar-refractivity contribution >= 4 is 38.4 Å². The highest BCUT2D eigenvalue weighted by atomic mass is 35.5. The number of benzene rings is 1. The number of nitrogens with zero attached hydrogens (tertiary/aromatic N) is 5. The SMILES string of the molecule is O=C(c1cnc(-c2ccncc2)nc1)N1C2CN(S(=O)(=O)c3cc4cc(Cl)ccc4[nH]3)CC1C(O)C2O. The highest BCUT2D eigenvalue weighted by molar-refractivity contribution is 7.89. The molecule has 190 valence electrons. The molecule has 4 unspecified atom stereocenters. The quantitative estimate of drug-likeness (QED) is 0.350. The van der Waals surface area contributed by atoms with Gasteiger partial charge in [0.15, 0.2) is 5.82 Å². The molecule has 0 radical (unpaired) electrons. The third kappa shape index (κ3) is 3.97. The van der Waals surface area contributed by atoms with Crippen molar-refractivity contribution in [2.45, 2.75) is 29.3 Å². The summed E-state index contributed by atoms with van der Waals surface area (Å²) < 4.78 is 28.1. The maximum absolute atomic E-state index is 13.5. The van der Waals surface area contributed by atoms with E-state index >= 15 is 0 Å². The fourth-order valence-electron chi connectivity index (χ4n) is 5.00. The van der Waals surface area contributed by atoms with Gasteiger partial charge in [0.25, 0.3) is 15.9 Å². The number of hydrogen-bond acceptors (Lipinski definition) is 8. The number of carbonyl (C=O) groups is 1. The zero-order valence-corrected chi connectivity index (χ0v) is 20.7. The summed E-state index contributed by atoms with van der Waals surface area (Å²) in [5.74, 6) is -0.0818. The molecule has 0 saturated carbocycles. The predicted octanol–water partition coefficient (Wildman–Crippen LogP) is 1.29. The number of aromatic amines is 1. The van der Waals surface area contributed by atoms with Crippen molar-refractivity contribution in [1.82, 2.24) is 29.1 Å². The molecule has 2 saturated heterocycles. The van der Waals surface area contributed by atoms with Gasteiger partial charge in [0, 0.05) is 59.4 Å². The minimum absolute atomic E-state index is 0.0342. The molecule has 4 atom stereocenters. The van der Waals surface area contributed by atoms with Crippen LogP contribution in [-0.4, -0.2) is 91.1 Å². The van der Waals surface area contributed by atoms with Crippen LogP contribution in [0.1, 0.15) is 10.4 Å². The average molecular weight is 541 g/mol. The Kier molecular flexibility index (Phi) is 5.73. The number of rotatable bonds is 4. The highest BCUT2D eigenvalue weighted by Crippen LogP contribution is 2.35. The zero-order chi connectivity index (χ0) is 25.9. The number of hydrogen-bond donors (Lipinski definition) is 3. The molecule has 5 heterocycles. The molecule has 2 fully saturated rings. The molecule has 0 aliphatic carbocycles. The summed E-state index contributed by atoms with van der Waals surface area (Å²) in [4.78, 5) is 30.1. The summed E-state index contributed by atoms with van der Waals surface area (Å²) in [5, 5.41) is 22.5.